The Morgan fingerprint density at radius 2 is 1.76 bits per heavy atom. The number of carbonyl (C=O) groups excluding carboxylic acids is 1. The molecule has 0 saturated heterocycles. The fourth-order valence-corrected chi connectivity index (χ4v) is 2.66. The summed E-state index contributed by atoms with van der Waals surface area (Å²) in [4.78, 5) is 12.0. The maximum absolute atomic E-state index is 12.0. The average Bonchev–Trinajstić information content (AvgIpc) is 2.45. The topological polar surface area (TPSA) is 41.1 Å². The number of amides is 1. The van der Waals surface area contributed by atoms with Crippen LogP contribution in [0.2, 0.25) is 0 Å². The lowest BCUT2D eigenvalue weighted by molar-refractivity contribution is 0.0977. The molecule has 108 valence electrons. The van der Waals surface area contributed by atoms with Crippen LogP contribution in [0.15, 0.2) is 42.5 Å². The number of anilines is 1. The first-order valence-corrected chi connectivity index (χ1v) is 7.90. The van der Waals surface area contributed by atoms with Gasteiger partial charge in [0, 0.05) is 14.8 Å². The van der Waals surface area contributed by atoms with E-state index in [1.54, 1.807) is 12.1 Å². The molecule has 0 aliphatic rings. The molecule has 2 aromatic rings. The van der Waals surface area contributed by atoms with Gasteiger partial charge in [-0.25, -0.2) is 0 Å². The van der Waals surface area contributed by atoms with Crippen molar-refractivity contribution >= 4 is 51.5 Å². The van der Waals surface area contributed by atoms with Gasteiger partial charge in [0.05, 0.1) is 0 Å². The first-order chi connectivity index (χ1) is 9.97. The van der Waals surface area contributed by atoms with Crippen molar-refractivity contribution in [3.8, 4) is 0 Å². The molecule has 0 spiro atoms. The zero-order chi connectivity index (χ0) is 15.4. The molecule has 0 aliphatic carbocycles. The molecule has 1 amide bonds. The van der Waals surface area contributed by atoms with Gasteiger partial charge in [0.15, 0.2) is 5.11 Å². The van der Waals surface area contributed by atoms with E-state index < -0.39 is 0 Å². The second-order valence-electron chi connectivity index (χ2n) is 4.69. The van der Waals surface area contributed by atoms with Crippen LogP contribution < -0.4 is 10.6 Å². The van der Waals surface area contributed by atoms with Crippen LogP contribution in [0.4, 0.5) is 5.69 Å². The summed E-state index contributed by atoms with van der Waals surface area (Å²) in [7, 11) is 0. The van der Waals surface area contributed by atoms with Crippen molar-refractivity contribution in [2.24, 2.45) is 0 Å². The molecule has 0 radical (unpaired) electrons. The number of aryl methyl sites for hydroxylation is 2. The highest BCUT2D eigenvalue weighted by Crippen LogP contribution is 2.21. The van der Waals surface area contributed by atoms with E-state index in [4.69, 9.17) is 12.2 Å². The van der Waals surface area contributed by atoms with Gasteiger partial charge in [0.2, 0.25) is 0 Å². The van der Waals surface area contributed by atoms with E-state index in [0.717, 1.165) is 11.3 Å². The van der Waals surface area contributed by atoms with Crippen LogP contribution in [-0.4, -0.2) is 11.0 Å². The Kier molecular flexibility index (Phi) is 5.30. The standard InChI is InChI=1S/C16H15IN2OS/c1-10-9-14(11(2)8-13(10)17)18-16(21)19-15(20)12-6-4-3-5-7-12/h3-9H,1-2H3,(H2,18,19,20,21). The average molecular weight is 410 g/mol. The molecule has 3 nitrogen and oxygen atoms in total. The van der Waals surface area contributed by atoms with E-state index in [9.17, 15) is 4.79 Å². The van der Waals surface area contributed by atoms with Gasteiger partial charge in [0.1, 0.15) is 0 Å². The second-order valence-corrected chi connectivity index (χ2v) is 6.26. The van der Waals surface area contributed by atoms with Crippen LogP contribution >= 0.6 is 34.8 Å². The van der Waals surface area contributed by atoms with E-state index in [2.05, 4.69) is 39.3 Å². The fourth-order valence-electron chi connectivity index (χ4n) is 1.83. The Morgan fingerprint density at radius 3 is 2.43 bits per heavy atom. The summed E-state index contributed by atoms with van der Waals surface area (Å²) in [6, 6.07) is 13.1. The van der Waals surface area contributed by atoms with Crippen molar-refractivity contribution in [1.29, 1.82) is 0 Å². The molecular formula is C16H15IN2OS. The summed E-state index contributed by atoms with van der Waals surface area (Å²) in [5.41, 5.74) is 3.74. The lowest BCUT2D eigenvalue weighted by Crippen LogP contribution is -2.34. The molecule has 0 atom stereocenters. The number of carbonyl (C=O) groups is 1. The summed E-state index contributed by atoms with van der Waals surface area (Å²) >= 11 is 7.50. The number of rotatable bonds is 2. The van der Waals surface area contributed by atoms with Crippen molar-refractivity contribution in [3.05, 3.63) is 62.7 Å². The van der Waals surface area contributed by atoms with Gasteiger partial charge >= 0.3 is 0 Å². The quantitative estimate of drug-likeness (QED) is 0.580. The zero-order valence-corrected chi connectivity index (χ0v) is 14.7. The normalized spacial score (nSPS) is 10.0. The third-order valence-electron chi connectivity index (χ3n) is 3.02. The predicted molar refractivity (Wildman–Crippen MR) is 98.8 cm³/mol. The number of thiocarbonyl (C=S) groups is 1. The largest absolute Gasteiger partial charge is 0.332 e. The third-order valence-corrected chi connectivity index (χ3v) is 4.38. The minimum absolute atomic E-state index is 0.215. The molecule has 0 unspecified atom stereocenters. The number of benzene rings is 2. The monoisotopic (exact) mass is 410 g/mol. The minimum atomic E-state index is -0.215. The van der Waals surface area contributed by atoms with Crippen molar-refractivity contribution in [1.82, 2.24) is 5.32 Å². The van der Waals surface area contributed by atoms with Crippen LogP contribution in [0.25, 0.3) is 0 Å². The fraction of sp³-hybridized carbons (Fsp3) is 0.125. The molecule has 5 heteroatoms. The summed E-state index contributed by atoms with van der Waals surface area (Å²) in [6.45, 7) is 4.05. The van der Waals surface area contributed by atoms with Gasteiger partial charge in [-0.3, -0.25) is 10.1 Å². The van der Waals surface area contributed by atoms with E-state index in [-0.39, 0.29) is 5.91 Å². The summed E-state index contributed by atoms with van der Waals surface area (Å²) in [6.07, 6.45) is 0. The second kappa shape index (κ2) is 7.00. The number of nitrogens with one attached hydrogen (secondary N) is 2. The summed E-state index contributed by atoms with van der Waals surface area (Å²) in [5.74, 6) is -0.215. The predicted octanol–water partition coefficient (Wildman–Crippen LogP) is 4.03. The molecule has 2 rings (SSSR count). The Hall–Kier alpha value is -1.47. The number of hydrogen-bond acceptors (Lipinski definition) is 2. The molecular weight excluding hydrogens is 395 g/mol. The van der Waals surface area contributed by atoms with Crippen LogP contribution in [0.1, 0.15) is 21.5 Å². The van der Waals surface area contributed by atoms with E-state index in [1.807, 2.05) is 38.1 Å². The lowest BCUT2D eigenvalue weighted by atomic mass is 10.1. The van der Waals surface area contributed by atoms with Crippen LogP contribution in [0, 0.1) is 17.4 Å². The van der Waals surface area contributed by atoms with Crippen LogP contribution in [0.3, 0.4) is 0 Å². The summed E-state index contributed by atoms with van der Waals surface area (Å²) in [5, 5.41) is 6.06. The van der Waals surface area contributed by atoms with Crippen molar-refractivity contribution in [3.63, 3.8) is 0 Å². The van der Waals surface area contributed by atoms with Gasteiger partial charge < -0.3 is 5.32 Å². The zero-order valence-electron chi connectivity index (χ0n) is 11.7. The maximum atomic E-state index is 12.0. The molecule has 2 aromatic carbocycles. The van der Waals surface area contributed by atoms with Crippen molar-refractivity contribution in [2.75, 3.05) is 5.32 Å². The Labute approximate surface area is 143 Å². The highest BCUT2D eigenvalue weighted by molar-refractivity contribution is 14.1. The molecule has 2 N–H and O–H groups in total. The molecule has 0 fully saturated rings. The third kappa shape index (κ3) is 4.25. The lowest BCUT2D eigenvalue weighted by Gasteiger charge is -2.13. The first-order valence-electron chi connectivity index (χ1n) is 6.41. The van der Waals surface area contributed by atoms with Gasteiger partial charge in [-0.05, 0) is 84.0 Å². The first kappa shape index (κ1) is 15.9. The highest BCUT2D eigenvalue weighted by atomic mass is 127. The van der Waals surface area contributed by atoms with Crippen LogP contribution in [-0.2, 0) is 0 Å². The van der Waals surface area contributed by atoms with Gasteiger partial charge in [-0.1, -0.05) is 18.2 Å². The molecule has 0 aliphatic heterocycles. The summed E-state index contributed by atoms with van der Waals surface area (Å²) < 4.78 is 1.20. The molecule has 0 aromatic heterocycles. The van der Waals surface area contributed by atoms with E-state index in [0.29, 0.717) is 10.7 Å². The van der Waals surface area contributed by atoms with Gasteiger partial charge in [-0.2, -0.15) is 0 Å². The molecule has 0 bridgehead atoms. The van der Waals surface area contributed by atoms with Crippen molar-refractivity contribution < 1.29 is 4.79 Å². The molecule has 0 saturated carbocycles. The molecule has 21 heavy (non-hydrogen) atoms. The smallest absolute Gasteiger partial charge is 0.257 e. The number of hydrogen-bond donors (Lipinski definition) is 2. The number of halogens is 1. The molecule has 0 heterocycles. The van der Waals surface area contributed by atoms with E-state index in [1.165, 1.54) is 9.13 Å². The van der Waals surface area contributed by atoms with Gasteiger partial charge in [-0.15, -0.1) is 0 Å². The maximum Gasteiger partial charge on any atom is 0.257 e. The Balaban J connectivity index is 2.06. The van der Waals surface area contributed by atoms with E-state index >= 15 is 0 Å². The van der Waals surface area contributed by atoms with Crippen LogP contribution in [0.5, 0.6) is 0 Å². The Bertz CT molecular complexity index is 686. The minimum Gasteiger partial charge on any atom is -0.332 e. The van der Waals surface area contributed by atoms with Crippen molar-refractivity contribution in [2.45, 2.75) is 13.8 Å². The highest BCUT2D eigenvalue weighted by Gasteiger charge is 2.09. The SMILES string of the molecule is Cc1cc(NC(=S)NC(=O)c2ccccc2)c(C)cc1I. The van der Waals surface area contributed by atoms with Gasteiger partial charge in [0.25, 0.3) is 5.91 Å². The Morgan fingerprint density at radius 1 is 1.10 bits per heavy atom.